The summed E-state index contributed by atoms with van der Waals surface area (Å²) in [6.45, 7) is 0. The zero-order chi connectivity index (χ0) is 30.2. The summed E-state index contributed by atoms with van der Waals surface area (Å²) in [6, 6.07) is 48.2. The summed E-state index contributed by atoms with van der Waals surface area (Å²) < 4.78 is 4.72. The smallest absolute Gasteiger partial charge is 0.0724 e. The number of pyridine rings is 2. The Labute approximate surface area is 264 Å². The number of nitrogens with zero attached hydrogens (tertiary/aromatic N) is 4. The minimum absolute atomic E-state index is 1.11. The Morgan fingerprint density at radius 3 is 1.13 bits per heavy atom. The van der Waals surface area contributed by atoms with Gasteiger partial charge in [0.1, 0.15) is 0 Å². The first-order chi connectivity index (χ1) is 22.9. The maximum absolute atomic E-state index is 4.51. The molecular formula is C42H26N4. The molecule has 0 spiro atoms. The topological polar surface area (TPSA) is 35.6 Å². The van der Waals surface area contributed by atoms with Crippen molar-refractivity contribution in [1.82, 2.24) is 19.1 Å². The van der Waals surface area contributed by atoms with Gasteiger partial charge < -0.3 is 9.13 Å². The maximum Gasteiger partial charge on any atom is 0.0724 e. The van der Waals surface area contributed by atoms with E-state index >= 15 is 0 Å². The number of benzene rings is 6. The van der Waals surface area contributed by atoms with Gasteiger partial charge in [0, 0.05) is 44.7 Å². The molecule has 214 valence electrons. The van der Waals surface area contributed by atoms with E-state index in [0.717, 1.165) is 22.4 Å². The molecule has 4 aromatic heterocycles. The Bertz CT molecular complexity index is 2520. The van der Waals surface area contributed by atoms with Crippen molar-refractivity contribution in [2.75, 3.05) is 0 Å². The highest BCUT2D eigenvalue weighted by atomic mass is 15.0. The van der Waals surface area contributed by atoms with Crippen LogP contribution in [0.1, 0.15) is 0 Å². The summed E-state index contributed by atoms with van der Waals surface area (Å²) in [5.41, 5.74) is 9.30. The van der Waals surface area contributed by atoms with Gasteiger partial charge in [0.25, 0.3) is 0 Å². The first-order valence-electron chi connectivity index (χ1n) is 15.6. The lowest BCUT2D eigenvalue weighted by molar-refractivity contribution is 1.18. The second-order valence-corrected chi connectivity index (χ2v) is 11.8. The van der Waals surface area contributed by atoms with Gasteiger partial charge in [-0.15, -0.1) is 0 Å². The standard InChI is InChI=1S/C42H26N4/c1-3-11-31-27(9-1)29(17-19-39(31)45-37-15-7-5-13-33(37)35-21-23-43-25-41(35)45)30-18-20-40(32-12-4-2-10-28(30)32)46-38-16-8-6-14-34(38)36-22-24-44-26-42(36)46/h1-26H. The van der Waals surface area contributed by atoms with Crippen LogP contribution in [0.2, 0.25) is 0 Å². The Kier molecular flexibility index (Phi) is 5.25. The van der Waals surface area contributed by atoms with Gasteiger partial charge in [-0.05, 0) is 58.3 Å². The van der Waals surface area contributed by atoms with E-state index in [-0.39, 0.29) is 0 Å². The summed E-state index contributed by atoms with van der Waals surface area (Å²) in [7, 11) is 0. The van der Waals surface area contributed by atoms with Gasteiger partial charge in [0.15, 0.2) is 0 Å². The van der Waals surface area contributed by atoms with Crippen LogP contribution in [0.3, 0.4) is 0 Å². The molecule has 0 radical (unpaired) electrons. The number of fused-ring (bicyclic) bond motifs is 8. The molecule has 0 amide bonds. The molecule has 4 nitrogen and oxygen atoms in total. The van der Waals surface area contributed by atoms with Gasteiger partial charge in [-0.3, -0.25) is 9.97 Å². The average Bonchev–Trinajstić information content (AvgIpc) is 3.64. The third-order valence-corrected chi connectivity index (χ3v) is 9.53. The van der Waals surface area contributed by atoms with Crippen molar-refractivity contribution >= 4 is 65.2 Å². The summed E-state index contributed by atoms with van der Waals surface area (Å²) in [6.07, 6.45) is 7.72. The lowest BCUT2D eigenvalue weighted by atomic mass is 9.92. The van der Waals surface area contributed by atoms with Crippen LogP contribution in [-0.2, 0) is 0 Å². The lowest BCUT2D eigenvalue weighted by Crippen LogP contribution is -1.98. The molecule has 0 aliphatic rings. The van der Waals surface area contributed by atoms with E-state index in [2.05, 4.69) is 153 Å². The minimum atomic E-state index is 1.11. The maximum atomic E-state index is 4.51. The highest BCUT2D eigenvalue weighted by molar-refractivity contribution is 6.14. The molecule has 0 aliphatic carbocycles. The molecule has 0 unspecified atom stereocenters. The van der Waals surface area contributed by atoms with E-state index in [1.54, 1.807) is 0 Å². The molecule has 0 bridgehead atoms. The van der Waals surface area contributed by atoms with Crippen LogP contribution in [0.25, 0.3) is 87.7 Å². The minimum Gasteiger partial charge on any atom is -0.307 e. The Hall–Kier alpha value is -6.26. The van der Waals surface area contributed by atoms with Crippen molar-refractivity contribution < 1.29 is 0 Å². The Morgan fingerprint density at radius 2 is 0.674 bits per heavy atom. The van der Waals surface area contributed by atoms with E-state index in [1.165, 1.54) is 65.3 Å². The van der Waals surface area contributed by atoms with Crippen molar-refractivity contribution in [3.05, 3.63) is 158 Å². The fourth-order valence-corrected chi connectivity index (χ4v) is 7.58. The fourth-order valence-electron chi connectivity index (χ4n) is 7.58. The van der Waals surface area contributed by atoms with E-state index in [1.807, 2.05) is 24.8 Å². The number of para-hydroxylation sites is 2. The van der Waals surface area contributed by atoms with E-state index < -0.39 is 0 Å². The molecule has 4 heterocycles. The van der Waals surface area contributed by atoms with Crippen LogP contribution in [-0.4, -0.2) is 19.1 Å². The van der Waals surface area contributed by atoms with E-state index in [4.69, 9.17) is 0 Å². The summed E-state index contributed by atoms with van der Waals surface area (Å²) in [5, 5.41) is 9.72. The molecule has 0 aliphatic heterocycles. The van der Waals surface area contributed by atoms with Crippen molar-refractivity contribution in [2.45, 2.75) is 0 Å². The molecule has 4 heteroatoms. The third kappa shape index (κ3) is 3.44. The van der Waals surface area contributed by atoms with E-state index in [0.29, 0.717) is 0 Å². The molecule has 0 atom stereocenters. The van der Waals surface area contributed by atoms with Crippen LogP contribution in [0.15, 0.2) is 158 Å². The van der Waals surface area contributed by atoms with Gasteiger partial charge >= 0.3 is 0 Å². The lowest BCUT2D eigenvalue weighted by Gasteiger charge is -2.18. The van der Waals surface area contributed by atoms with Crippen molar-refractivity contribution in [1.29, 1.82) is 0 Å². The monoisotopic (exact) mass is 586 g/mol. The quantitative estimate of drug-likeness (QED) is 0.206. The third-order valence-electron chi connectivity index (χ3n) is 9.53. The van der Waals surface area contributed by atoms with Gasteiger partial charge in [-0.25, -0.2) is 0 Å². The van der Waals surface area contributed by atoms with Crippen LogP contribution in [0.4, 0.5) is 0 Å². The predicted octanol–water partition coefficient (Wildman–Crippen LogP) is 10.6. The van der Waals surface area contributed by atoms with Crippen LogP contribution >= 0.6 is 0 Å². The molecule has 10 rings (SSSR count). The van der Waals surface area contributed by atoms with Gasteiger partial charge in [-0.2, -0.15) is 0 Å². The number of aromatic nitrogens is 4. The van der Waals surface area contributed by atoms with Gasteiger partial charge in [-0.1, -0.05) is 97.1 Å². The van der Waals surface area contributed by atoms with Crippen LogP contribution < -0.4 is 0 Å². The first-order valence-corrected chi connectivity index (χ1v) is 15.6. The Balaban J connectivity index is 1.24. The zero-order valence-electron chi connectivity index (χ0n) is 24.8. The molecule has 0 saturated heterocycles. The van der Waals surface area contributed by atoms with Crippen LogP contribution in [0, 0.1) is 0 Å². The molecule has 10 aromatic rings. The molecule has 0 saturated carbocycles. The normalized spacial score (nSPS) is 11.9. The Morgan fingerprint density at radius 1 is 0.304 bits per heavy atom. The second kappa shape index (κ2) is 9.62. The molecule has 46 heavy (non-hydrogen) atoms. The average molecular weight is 587 g/mol. The van der Waals surface area contributed by atoms with Crippen molar-refractivity contribution in [2.24, 2.45) is 0 Å². The largest absolute Gasteiger partial charge is 0.307 e. The first kappa shape index (κ1) is 25.1. The SMILES string of the molecule is c1ccc2c(-n3c4ccccc4c4ccncc43)ccc(-c3ccc(-n4c5ccccc5c5ccncc54)c4ccccc34)c2c1. The molecular weight excluding hydrogens is 560 g/mol. The highest BCUT2D eigenvalue weighted by Crippen LogP contribution is 2.41. The molecule has 6 aromatic carbocycles. The number of rotatable bonds is 3. The second-order valence-electron chi connectivity index (χ2n) is 11.8. The highest BCUT2D eigenvalue weighted by Gasteiger charge is 2.19. The van der Waals surface area contributed by atoms with Crippen molar-refractivity contribution in [3.8, 4) is 22.5 Å². The number of hydrogen-bond donors (Lipinski definition) is 0. The fraction of sp³-hybridized carbons (Fsp3) is 0. The van der Waals surface area contributed by atoms with Crippen LogP contribution in [0.5, 0.6) is 0 Å². The number of hydrogen-bond acceptors (Lipinski definition) is 2. The summed E-state index contributed by atoms with van der Waals surface area (Å²) in [5.74, 6) is 0. The van der Waals surface area contributed by atoms with E-state index in [9.17, 15) is 0 Å². The van der Waals surface area contributed by atoms with Crippen molar-refractivity contribution in [3.63, 3.8) is 0 Å². The van der Waals surface area contributed by atoms with Gasteiger partial charge in [0.05, 0.1) is 45.8 Å². The predicted molar refractivity (Wildman–Crippen MR) is 191 cm³/mol. The zero-order valence-corrected chi connectivity index (χ0v) is 24.8. The summed E-state index contributed by atoms with van der Waals surface area (Å²) >= 11 is 0. The summed E-state index contributed by atoms with van der Waals surface area (Å²) in [4.78, 5) is 9.03. The van der Waals surface area contributed by atoms with Gasteiger partial charge in [0.2, 0.25) is 0 Å². The molecule has 0 fully saturated rings. The molecule has 0 N–H and O–H groups in total.